The number of benzene rings is 1. The van der Waals surface area contributed by atoms with E-state index < -0.39 is 0 Å². The highest BCUT2D eigenvalue weighted by Crippen LogP contribution is 2.17. The molecule has 0 radical (unpaired) electrons. The summed E-state index contributed by atoms with van der Waals surface area (Å²) in [6.45, 7) is 5.17. The van der Waals surface area contributed by atoms with Gasteiger partial charge in [0.05, 0.1) is 5.69 Å². The summed E-state index contributed by atoms with van der Waals surface area (Å²) in [4.78, 5) is 13.5. The van der Waals surface area contributed by atoms with Gasteiger partial charge in [-0.3, -0.25) is 0 Å². The van der Waals surface area contributed by atoms with Gasteiger partial charge in [0, 0.05) is 24.9 Å². The van der Waals surface area contributed by atoms with E-state index in [1.54, 1.807) is 17.0 Å². The standard InChI is InChI=1S/C11H15ClN2O/c1-3-13(4-2)11(15)14(12)10-8-6-5-7-9-10/h5-9H,3-4H2,1-2H3. The number of anilines is 1. The molecule has 0 saturated heterocycles. The molecule has 4 heteroatoms. The Morgan fingerprint density at radius 2 is 1.73 bits per heavy atom. The van der Waals surface area contributed by atoms with E-state index in [-0.39, 0.29) is 6.03 Å². The molecule has 2 amide bonds. The van der Waals surface area contributed by atoms with Gasteiger partial charge in [0.25, 0.3) is 0 Å². The number of rotatable bonds is 3. The molecule has 15 heavy (non-hydrogen) atoms. The molecule has 0 atom stereocenters. The SMILES string of the molecule is CCN(CC)C(=O)N(Cl)c1ccccc1. The molecule has 0 aliphatic rings. The molecule has 0 spiro atoms. The first-order valence-electron chi connectivity index (χ1n) is 5.00. The zero-order valence-corrected chi connectivity index (χ0v) is 9.74. The number of halogens is 1. The van der Waals surface area contributed by atoms with E-state index in [0.717, 1.165) is 4.42 Å². The third kappa shape index (κ3) is 2.86. The largest absolute Gasteiger partial charge is 0.339 e. The summed E-state index contributed by atoms with van der Waals surface area (Å²) in [6.07, 6.45) is 0. The second kappa shape index (κ2) is 5.61. The number of urea groups is 1. The van der Waals surface area contributed by atoms with Crippen LogP contribution >= 0.6 is 11.8 Å². The first-order valence-corrected chi connectivity index (χ1v) is 5.34. The Morgan fingerprint density at radius 1 is 1.20 bits per heavy atom. The number of para-hydroxylation sites is 1. The summed E-state index contributed by atoms with van der Waals surface area (Å²) in [5, 5.41) is 0. The second-order valence-electron chi connectivity index (χ2n) is 3.07. The Morgan fingerprint density at radius 3 is 2.20 bits per heavy atom. The number of amides is 2. The molecule has 0 aliphatic carbocycles. The van der Waals surface area contributed by atoms with Crippen molar-refractivity contribution in [3.63, 3.8) is 0 Å². The lowest BCUT2D eigenvalue weighted by Crippen LogP contribution is -2.38. The minimum Gasteiger partial charge on any atom is -0.324 e. The molecule has 0 heterocycles. The Balaban J connectivity index is 2.76. The second-order valence-corrected chi connectivity index (χ2v) is 3.41. The van der Waals surface area contributed by atoms with Gasteiger partial charge in [-0.15, -0.1) is 0 Å². The van der Waals surface area contributed by atoms with Crippen molar-refractivity contribution in [3.05, 3.63) is 30.3 Å². The van der Waals surface area contributed by atoms with Crippen molar-refractivity contribution >= 4 is 23.5 Å². The van der Waals surface area contributed by atoms with Crippen molar-refractivity contribution in [1.29, 1.82) is 0 Å². The minimum absolute atomic E-state index is 0.187. The van der Waals surface area contributed by atoms with Crippen LogP contribution in [0.4, 0.5) is 10.5 Å². The summed E-state index contributed by atoms with van der Waals surface area (Å²) < 4.78 is 1.15. The van der Waals surface area contributed by atoms with Gasteiger partial charge in [-0.25, -0.2) is 9.21 Å². The zero-order valence-electron chi connectivity index (χ0n) is 8.98. The maximum Gasteiger partial charge on any atom is 0.339 e. The van der Waals surface area contributed by atoms with E-state index in [2.05, 4.69) is 0 Å². The van der Waals surface area contributed by atoms with Crippen molar-refractivity contribution in [2.45, 2.75) is 13.8 Å². The molecule has 0 unspecified atom stereocenters. The van der Waals surface area contributed by atoms with E-state index in [4.69, 9.17) is 11.8 Å². The molecule has 0 N–H and O–H groups in total. The molecule has 0 saturated carbocycles. The highest BCUT2D eigenvalue weighted by Gasteiger charge is 2.17. The maximum atomic E-state index is 11.8. The van der Waals surface area contributed by atoms with Gasteiger partial charge < -0.3 is 4.90 Å². The third-order valence-electron chi connectivity index (χ3n) is 2.18. The van der Waals surface area contributed by atoms with Crippen molar-refractivity contribution in [3.8, 4) is 0 Å². The van der Waals surface area contributed by atoms with E-state index >= 15 is 0 Å². The molecule has 3 nitrogen and oxygen atoms in total. The van der Waals surface area contributed by atoms with Gasteiger partial charge in [-0.1, -0.05) is 18.2 Å². The highest BCUT2D eigenvalue weighted by atomic mass is 35.5. The molecule has 1 rings (SSSR count). The van der Waals surface area contributed by atoms with Crippen LogP contribution in [0.2, 0.25) is 0 Å². The number of nitrogens with zero attached hydrogens (tertiary/aromatic N) is 2. The van der Waals surface area contributed by atoms with Crippen molar-refractivity contribution in [2.75, 3.05) is 17.5 Å². The Bertz CT molecular complexity index is 312. The summed E-state index contributed by atoms with van der Waals surface area (Å²) in [7, 11) is 0. The predicted molar refractivity (Wildman–Crippen MR) is 63.1 cm³/mol. The van der Waals surface area contributed by atoms with Crippen LogP contribution in [0, 0.1) is 0 Å². The number of hydrogen-bond donors (Lipinski definition) is 0. The van der Waals surface area contributed by atoms with Crippen LogP contribution in [0.5, 0.6) is 0 Å². The van der Waals surface area contributed by atoms with Crippen molar-refractivity contribution in [2.24, 2.45) is 0 Å². The van der Waals surface area contributed by atoms with E-state index in [9.17, 15) is 4.79 Å². The summed E-state index contributed by atoms with van der Waals surface area (Å²) in [5.41, 5.74) is 0.691. The van der Waals surface area contributed by atoms with Crippen LogP contribution in [0.3, 0.4) is 0 Å². The first kappa shape index (κ1) is 11.9. The molecular weight excluding hydrogens is 212 g/mol. The average molecular weight is 227 g/mol. The fourth-order valence-electron chi connectivity index (χ4n) is 1.29. The van der Waals surface area contributed by atoms with E-state index in [1.807, 2.05) is 32.0 Å². The summed E-state index contributed by atoms with van der Waals surface area (Å²) in [6, 6.07) is 8.99. The van der Waals surface area contributed by atoms with Gasteiger partial charge >= 0.3 is 6.03 Å². The van der Waals surface area contributed by atoms with Gasteiger partial charge in [-0.05, 0) is 26.0 Å². The van der Waals surface area contributed by atoms with E-state index in [0.29, 0.717) is 18.8 Å². The smallest absolute Gasteiger partial charge is 0.324 e. The first-order chi connectivity index (χ1) is 7.20. The Labute approximate surface area is 95.4 Å². The van der Waals surface area contributed by atoms with Gasteiger partial charge in [0.15, 0.2) is 0 Å². The van der Waals surface area contributed by atoms with Gasteiger partial charge in [-0.2, -0.15) is 0 Å². The minimum atomic E-state index is -0.187. The van der Waals surface area contributed by atoms with Crippen LogP contribution in [0.15, 0.2) is 30.3 Å². The topological polar surface area (TPSA) is 23.6 Å². The molecule has 0 aliphatic heterocycles. The molecular formula is C11H15ClN2O. The molecule has 1 aromatic carbocycles. The number of hydrogen-bond acceptors (Lipinski definition) is 1. The molecule has 0 aromatic heterocycles. The van der Waals surface area contributed by atoms with Crippen LogP contribution in [-0.4, -0.2) is 24.0 Å². The lowest BCUT2D eigenvalue weighted by atomic mass is 10.3. The fraction of sp³-hybridized carbons (Fsp3) is 0.364. The summed E-state index contributed by atoms with van der Waals surface area (Å²) in [5.74, 6) is 0. The van der Waals surface area contributed by atoms with E-state index in [1.165, 1.54) is 0 Å². The number of carbonyl (C=O) groups is 1. The molecule has 82 valence electrons. The average Bonchev–Trinajstić information content (AvgIpc) is 2.30. The summed E-state index contributed by atoms with van der Waals surface area (Å²) >= 11 is 5.95. The van der Waals surface area contributed by atoms with Crippen LogP contribution in [0.25, 0.3) is 0 Å². The lowest BCUT2D eigenvalue weighted by molar-refractivity contribution is 0.214. The monoisotopic (exact) mass is 226 g/mol. The van der Waals surface area contributed by atoms with Gasteiger partial charge in [0.2, 0.25) is 0 Å². The highest BCUT2D eigenvalue weighted by molar-refractivity contribution is 6.36. The lowest BCUT2D eigenvalue weighted by Gasteiger charge is -2.23. The van der Waals surface area contributed by atoms with Crippen molar-refractivity contribution < 1.29 is 4.79 Å². The van der Waals surface area contributed by atoms with Crippen molar-refractivity contribution in [1.82, 2.24) is 4.90 Å². The Kier molecular flexibility index (Phi) is 4.43. The number of carbonyl (C=O) groups excluding carboxylic acids is 1. The predicted octanol–water partition coefficient (Wildman–Crippen LogP) is 3.11. The quantitative estimate of drug-likeness (QED) is 0.727. The van der Waals surface area contributed by atoms with Crippen LogP contribution in [-0.2, 0) is 0 Å². The Hall–Kier alpha value is -1.22. The van der Waals surface area contributed by atoms with Crippen LogP contribution in [0.1, 0.15) is 13.8 Å². The maximum absolute atomic E-state index is 11.8. The fourth-order valence-corrected chi connectivity index (χ4v) is 1.51. The normalized spacial score (nSPS) is 9.80. The zero-order chi connectivity index (χ0) is 11.3. The van der Waals surface area contributed by atoms with Crippen LogP contribution < -0.4 is 4.42 Å². The molecule has 0 bridgehead atoms. The molecule has 0 fully saturated rings. The third-order valence-corrected chi connectivity index (χ3v) is 2.52. The van der Waals surface area contributed by atoms with Gasteiger partial charge in [0.1, 0.15) is 0 Å². The molecule has 1 aromatic rings.